The Hall–Kier alpha value is -3.27. The molecule has 0 aliphatic carbocycles. The molecule has 0 bridgehead atoms. The van der Waals surface area contributed by atoms with Crippen molar-refractivity contribution in [2.45, 2.75) is 58.5 Å². The molecule has 0 saturated heterocycles. The van der Waals surface area contributed by atoms with Gasteiger partial charge in [0.15, 0.2) is 0 Å². The third-order valence-electron chi connectivity index (χ3n) is 6.99. The second kappa shape index (κ2) is 13.5. The van der Waals surface area contributed by atoms with Gasteiger partial charge in [-0.1, -0.05) is 42.5 Å². The SMILES string of the molecule is C[C@H](CO)N1C[C@H](C)[C@@H](CN(C)Cc2ccc(Oc3ccccc3)cc2)OCc2cnnn2CCCC1=O. The van der Waals surface area contributed by atoms with E-state index in [2.05, 4.69) is 41.3 Å². The molecule has 1 N–H and O–H groups in total. The van der Waals surface area contributed by atoms with Crippen molar-refractivity contribution in [1.82, 2.24) is 24.8 Å². The number of carbonyl (C=O) groups is 1. The number of hydrogen-bond donors (Lipinski definition) is 1. The number of nitrogens with zero attached hydrogens (tertiary/aromatic N) is 5. The summed E-state index contributed by atoms with van der Waals surface area (Å²) in [5.74, 6) is 1.71. The Morgan fingerprint density at radius 1 is 1.16 bits per heavy atom. The second-order valence-electron chi connectivity index (χ2n) is 10.2. The van der Waals surface area contributed by atoms with E-state index in [1.54, 1.807) is 11.1 Å². The fraction of sp³-hybridized carbons (Fsp3) is 0.483. The van der Waals surface area contributed by atoms with Crippen molar-refractivity contribution < 1.29 is 19.4 Å². The molecule has 1 amide bonds. The zero-order chi connectivity index (χ0) is 26.9. The van der Waals surface area contributed by atoms with Gasteiger partial charge in [-0.2, -0.15) is 0 Å². The highest BCUT2D eigenvalue weighted by Crippen LogP contribution is 2.22. The van der Waals surface area contributed by atoms with Gasteiger partial charge in [0.05, 0.1) is 37.3 Å². The molecule has 0 unspecified atom stereocenters. The van der Waals surface area contributed by atoms with E-state index in [0.29, 0.717) is 39.1 Å². The third-order valence-corrected chi connectivity index (χ3v) is 6.99. The molecule has 9 nitrogen and oxygen atoms in total. The summed E-state index contributed by atoms with van der Waals surface area (Å²) in [6, 6.07) is 17.6. The average molecular weight is 522 g/mol. The van der Waals surface area contributed by atoms with Crippen LogP contribution >= 0.6 is 0 Å². The van der Waals surface area contributed by atoms with E-state index in [1.165, 1.54) is 5.56 Å². The number of carbonyl (C=O) groups excluding carboxylic acids is 1. The maximum absolute atomic E-state index is 13.0. The number of aromatic nitrogens is 3. The molecule has 1 aliphatic rings. The number of aliphatic hydroxyl groups excluding tert-OH is 1. The zero-order valence-electron chi connectivity index (χ0n) is 22.6. The zero-order valence-corrected chi connectivity index (χ0v) is 22.6. The first-order valence-electron chi connectivity index (χ1n) is 13.3. The Morgan fingerprint density at radius 3 is 2.63 bits per heavy atom. The molecular weight excluding hydrogens is 482 g/mol. The van der Waals surface area contributed by atoms with Crippen molar-refractivity contribution in [2.24, 2.45) is 5.92 Å². The van der Waals surface area contributed by atoms with Crippen LogP contribution in [-0.4, -0.2) is 74.7 Å². The molecule has 3 aromatic rings. The maximum atomic E-state index is 13.0. The number of fused-ring (bicyclic) bond motifs is 1. The van der Waals surface area contributed by atoms with Gasteiger partial charge in [0.25, 0.3) is 0 Å². The molecule has 0 radical (unpaired) electrons. The molecule has 4 rings (SSSR count). The average Bonchev–Trinajstić information content (AvgIpc) is 3.37. The molecule has 204 valence electrons. The predicted molar refractivity (Wildman–Crippen MR) is 145 cm³/mol. The molecule has 1 aromatic heterocycles. The maximum Gasteiger partial charge on any atom is 0.222 e. The minimum Gasteiger partial charge on any atom is -0.457 e. The Labute approximate surface area is 225 Å². The molecule has 3 atom stereocenters. The van der Waals surface area contributed by atoms with E-state index in [1.807, 2.05) is 54.1 Å². The molecule has 38 heavy (non-hydrogen) atoms. The normalized spacial score (nSPS) is 19.9. The lowest BCUT2D eigenvalue weighted by atomic mass is 10.0. The molecule has 0 fully saturated rings. The van der Waals surface area contributed by atoms with Crippen LogP contribution in [0.25, 0.3) is 0 Å². The van der Waals surface area contributed by atoms with Crippen LogP contribution in [0.3, 0.4) is 0 Å². The first-order chi connectivity index (χ1) is 18.4. The van der Waals surface area contributed by atoms with Crippen molar-refractivity contribution in [3.8, 4) is 11.5 Å². The van der Waals surface area contributed by atoms with Gasteiger partial charge in [0.2, 0.25) is 5.91 Å². The number of benzene rings is 2. The summed E-state index contributed by atoms with van der Waals surface area (Å²) < 4.78 is 14.2. The van der Waals surface area contributed by atoms with Crippen molar-refractivity contribution in [3.05, 3.63) is 72.1 Å². The van der Waals surface area contributed by atoms with Crippen molar-refractivity contribution in [3.63, 3.8) is 0 Å². The molecular formula is C29H39N5O4. The van der Waals surface area contributed by atoms with Crippen molar-refractivity contribution >= 4 is 5.91 Å². The third kappa shape index (κ3) is 7.63. The highest BCUT2D eigenvalue weighted by Gasteiger charge is 2.28. The van der Waals surface area contributed by atoms with Crippen LogP contribution in [0.5, 0.6) is 11.5 Å². The van der Waals surface area contributed by atoms with Crippen LogP contribution < -0.4 is 4.74 Å². The highest BCUT2D eigenvalue weighted by molar-refractivity contribution is 5.76. The minimum atomic E-state index is -0.246. The van der Waals surface area contributed by atoms with Gasteiger partial charge in [0.1, 0.15) is 11.5 Å². The van der Waals surface area contributed by atoms with Crippen molar-refractivity contribution in [2.75, 3.05) is 26.7 Å². The number of ether oxygens (including phenoxy) is 2. The summed E-state index contributed by atoms with van der Waals surface area (Å²) in [5.41, 5.74) is 2.08. The number of aryl methyl sites for hydroxylation is 1. The van der Waals surface area contributed by atoms with E-state index in [9.17, 15) is 9.90 Å². The van der Waals surface area contributed by atoms with Gasteiger partial charge in [-0.25, -0.2) is 4.68 Å². The van der Waals surface area contributed by atoms with Crippen molar-refractivity contribution in [1.29, 1.82) is 0 Å². The summed E-state index contributed by atoms with van der Waals surface area (Å²) >= 11 is 0. The van der Waals surface area contributed by atoms with E-state index < -0.39 is 0 Å². The molecule has 2 heterocycles. The smallest absolute Gasteiger partial charge is 0.222 e. The Kier molecular flexibility index (Phi) is 9.86. The monoisotopic (exact) mass is 521 g/mol. The number of aliphatic hydroxyl groups is 1. The summed E-state index contributed by atoms with van der Waals surface area (Å²) in [6.07, 6.45) is 2.67. The highest BCUT2D eigenvalue weighted by atomic mass is 16.5. The predicted octanol–water partition coefficient (Wildman–Crippen LogP) is 3.73. The van der Waals surface area contributed by atoms with Gasteiger partial charge >= 0.3 is 0 Å². The Bertz CT molecular complexity index is 1140. The van der Waals surface area contributed by atoms with Crippen LogP contribution in [0.2, 0.25) is 0 Å². The first kappa shape index (κ1) is 27.8. The summed E-state index contributed by atoms with van der Waals surface area (Å²) in [5, 5.41) is 18.0. The molecule has 9 heteroatoms. The van der Waals surface area contributed by atoms with Crippen LogP contribution in [0, 0.1) is 5.92 Å². The number of para-hydroxylation sites is 1. The summed E-state index contributed by atoms with van der Waals surface area (Å²) in [4.78, 5) is 17.1. The van der Waals surface area contributed by atoms with Crippen LogP contribution in [0.4, 0.5) is 0 Å². The van der Waals surface area contributed by atoms with Crippen LogP contribution in [0.1, 0.15) is 37.9 Å². The van der Waals surface area contributed by atoms with Gasteiger partial charge in [-0.15, -0.1) is 5.10 Å². The van der Waals surface area contributed by atoms with Gasteiger partial charge < -0.3 is 19.5 Å². The van der Waals surface area contributed by atoms with Crippen LogP contribution in [-0.2, 0) is 29.2 Å². The molecule has 2 aromatic carbocycles. The number of amides is 1. The Morgan fingerprint density at radius 2 is 1.89 bits per heavy atom. The standard InChI is InChI=1S/C29H39N5O4/c1-22-17-33(23(2)20-35)29(36)10-7-15-34-25(16-30-31-34)21-37-28(22)19-32(3)18-24-11-13-27(14-12-24)38-26-8-5-4-6-9-26/h4-6,8-9,11-14,16,22-23,28,35H,7,10,15,17-21H2,1-3H3/t22-,23+,28+/m0/s1. The first-order valence-corrected chi connectivity index (χ1v) is 13.3. The number of hydrogen-bond acceptors (Lipinski definition) is 7. The number of likely N-dealkylation sites (N-methyl/N-ethyl adjacent to an activating group) is 1. The minimum absolute atomic E-state index is 0.0468. The van der Waals surface area contributed by atoms with Gasteiger partial charge in [-0.05, 0) is 50.2 Å². The lowest BCUT2D eigenvalue weighted by Gasteiger charge is -2.35. The van der Waals surface area contributed by atoms with E-state index >= 15 is 0 Å². The number of rotatable bonds is 8. The topological polar surface area (TPSA) is 92.9 Å². The lowest BCUT2D eigenvalue weighted by Crippen LogP contribution is -2.47. The van der Waals surface area contributed by atoms with E-state index in [-0.39, 0.29) is 30.6 Å². The van der Waals surface area contributed by atoms with Gasteiger partial charge in [0, 0.05) is 38.5 Å². The molecule has 0 spiro atoms. The summed E-state index contributed by atoms with van der Waals surface area (Å²) in [7, 11) is 2.08. The quantitative estimate of drug-likeness (QED) is 0.483. The second-order valence-corrected chi connectivity index (χ2v) is 10.2. The van der Waals surface area contributed by atoms with E-state index in [4.69, 9.17) is 9.47 Å². The van der Waals surface area contributed by atoms with E-state index in [0.717, 1.165) is 23.7 Å². The molecule has 1 aliphatic heterocycles. The van der Waals surface area contributed by atoms with Crippen LogP contribution in [0.15, 0.2) is 60.8 Å². The fourth-order valence-corrected chi connectivity index (χ4v) is 4.72. The Balaban J connectivity index is 1.43. The fourth-order valence-electron chi connectivity index (χ4n) is 4.72. The lowest BCUT2D eigenvalue weighted by molar-refractivity contribution is -0.136. The van der Waals surface area contributed by atoms with Gasteiger partial charge in [-0.3, -0.25) is 9.69 Å². The molecule has 0 saturated carbocycles. The summed E-state index contributed by atoms with van der Waals surface area (Å²) in [6.45, 7) is 6.90. The largest absolute Gasteiger partial charge is 0.457 e.